The Morgan fingerprint density at radius 2 is 2.00 bits per heavy atom. The number of nitrogens with zero attached hydrogens (tertiary/aromatic N) is 1. The zero-order valence-corrected chi connectivity index (χ0v) is 12.3. The molecular weight excluding hydrogens is 369 g/mol. The Labute approximate surface area is 112 Å². The van der Waals surface area contributed by atoms with Gasteiger partial charge in [0.15, 0.2) is 5.75 Å². The largest absolute Gasteiger partial charge is 0.493 e. The Bertz CT molecular complexity index is 364. The third-order valence-corrected chi connectivity index (χ3v) is 3.90. The van der Waals surface area contributed by atoms with Crippen LogP contribution < -0.4 is 9.64 Å². The standard InChI is InChI=1S/C11H13BrINO/c1-15-11-9(13)6-8(12)7-10(11)14-4-2-3-5-14/h6-7H,2-5H2,1H3. The molecule has 1 aliphatic rings. The molecule has 0 N–H and O–H groups in total. The van der Waals surface area contributed by atoms with Crippen LogP contribution >= 0.6 is 38.5 Å². The minimum absolute atomic E-state index is 1.00. The molecule has 2 rings (SSSR count). The number of rotatable bonds is 2. The van der Waals surface area contributed by atoms with Crippen LogP contribution in [0.4, 0.5) is 5.69 Å². The van der Waals surface area contributed by atoms with Gasteiger partial charge in [-0.05, 0) is 47.6 Å². The average molecular weight is 382 g/mol. The predicted octanol–water partition coefficient (Wildman–Crippen LogP) is 3.66. The first-order chi connectivity index (χ1) is 7.22. The van der Waals surface area contributed by atoms with Crippen LogP contribution in [-0.4, -0.2) is 20.2 Å². The van der Waals surface area contributed by atoms with Gasteiger partial charge in [-0.2, -0.15) is 0 Å². The Morgan fingerprint density at radius 3 is 2.60 bits per heavy atom. The van der Waals surface area contributed by atoms with Crippen molar-refractivity contribution in [3.63, 3.8) is 0 Å². The Hall–Kier alpha value is 0.0300. The summed E-state index contributed by atoms with van der Waals surface area (Å²) in [6, 6.07) is 4.23. The van der Waals surface area contributed by atoms with E-state index >= 15 is 0 Å². The third kappa shape index (κ3) is 2.41. The highest BCUT2D eigenvalue weighted by molar-refractivity contribution is 14.1. The van der Waals surface area contributed by atoms with Crippen molar-refractivity contribution in [1.82, 2.24) is 0 Å². The zero-order valence-electron chi connectivity index (χ0n) is 8.59. The normalized spacial score (nSPS) is 15.8. The van der Waals surface area contributed by atoms with Gasteiger partial charge < -0.3 is 9.64 Å². The van der Waals surface area contributed by atoms with Gasteiger partial charge in [-0.1, -0.05) is 15.9 Å². The van der Waals surface area contributed by atoms with Crippen molar-refractivity contribution in [3.8, 4) is 5.75 Å². The number of anilines is 1. The summed E-state index contributed by atoms with van der Waals surface area (Å²) >= 11 is 5.85. The number of methoxy groups -OCH3 is 1. The summed E-state index contributed by atoms with van der Waals surface area (Å²) < 4.78 is 7.75. The fourth-order valence-corrected chi connectivity index (χ4v) is 3.65. The van der Waals surface area contributed by atoms with Crippen LogP contribution in [0.1, 0.15) is 12.8 Å². The van der Waals surface area contributed by atoms with Crippen LogP contribution in [0.5, 0.6) is 5.75 Å². The number of hydrogen-bond donors (Lipinski definition) is 0. The van der Waals surface area contributed by atoms with Crippen molar-refractivity contribution in [1.29, 1.82) is 0 Å². The van der Waals surface area contributed by atoms with Crippen LogP contribution in [0.3, 0.4) is 0 Å². The molecule has 1 aliphatic heterocycles. The molecule has 0 saturated carbocycles. The van der Waals surface area contributed by atoms with Crippen LogP contribution in [-0.2, 0) is 0 Å². The number of halogens is 2. The minimum atomic E-state index is 1.00. The first kappa shape index (κ1) is 11.5. The molecule has 1 aromatic carbocycles. The molecule has 1 fully saturated rings. The molecule has 0 amide bonds. The van der Waals surface area contributed by atoms with E-state index in [2.05, 4.69) is 55.6 Å². The molecule has 0 radical (unpaired) electrons. The summed E-state index contributed by atoms with van der Waals surface area (Å²) in [5.41, 5.74) is 1.22. The molecule has 1 aromatic rings. The highest BCUT2D eigenvalue weighted by Gasteiger charge is 2.18. The molecular formula is C11H13BrINO. The Kier molecular flexibility index (Phi) is 3.77. The summed E-state index contributed by atoms with van der Waals surface area (Å²) in [7, 11) is 1.74. The number of ether oxygens (including phenoxy) is 1. The van der Waals surface area contributed by atoms with E-state index in [-0.39, 0.29) is 0 Å². The molecule has 0 bridgehead atoms. The van der Waals surface area contributed by atoms with Crippen LogP contribution in [0.15, 0.2) is 16.6 Å². The van der Waals surface area contributed by atoms with E-state index in [1.165, 1.54) is 18.5 Å². The van der Waals surface area contributed by atoms with Crippen molar-refractivity contribution in [2.75, 3.05) is 25.1 Å². The van der Waals surface area contributed by atoms with E-state index in [1.54, 1.807) is 7.11 Å². The van der Waals surface area contributed by atoms with E-state index in [9.17, 15) is 0 Å². The van der Waals surface area contributed by atoms with E-state index < -0.39 is 0 Å². The number of hydrogen-bond acceptors (Lipinski definition) is 2. The number of benzene rings is 1. The van der Waals surface area contributed by atoms with Crippen LogP contribution in [0, 0.1) is 3.57 Å². The van der Waals surface area contributed by atoms with E-state index in [1.807, 2.05) is 0 Å². The Balaban J connectivity index is 2.42. The van der Waals surface area contributed by atoms with Gasteiger partial charge in [-0.15, -0.1) is 0 Å². The van der Waals surface area contributed by atoms with Crippen LogP contribution in [0.25, 0.3) is 0 Å². The lowest BCUT2D eigenvalue weighted by Gasteiger charge is -2.21. The monoisotopic (exact) mass is 381 g/mol. The first-order valence-electron chi connectivity index (χ1n) is 5.00. The molecule has 0 atom stereocenters. The second-order valence-electron chi connectivity index (χ2n) is 3.63. The van der Waals surface area contributed by atoms with Gasteiger partial charge in [0.2, 0.25) is 0 Å². The molecule has 0 spiro atoms. The maximum absolute atomic E-state index is 5.47. The maximum atomic E-state index is 5.47. The van der Waals surface area contributed by atoms with Crippen molar-refractivity contribution in [2.45, 2.75) is 12.8 Å². The quantitative estimate of drug-likeness (QED) is 0.725. The van der Waals surface area contributed by atoms with E-state index in [0.717, 1.165) is 26.9 Å². The summed E-state index contributed by atoms with van der Waals surface area (Å²) in [5.74, 6) is 1.00. The lowest BCUT2D eigenvalue weighted by molar-refractivity contribution is 0.412. The van der Waals surface area contributed by atoms with Crippen molar-refractivity contribution < 1.29 is 4.74 Å². The highest BCUT2D eigenvalue weighted by atomic mass is 127. The molecule has 1 saturated heterocycles. The zero-order chi connectivity index (χ0) is 10.8. The molecule has 0 aliphatic carbocycles. The molecule has 82 valence electrons. The van der Waals surface area contributed by atoms with Gasteiger partial charge in [0, 0.05) is 17.6 Å². The SMILES string of the molecule is COc1c(I)cc(Br)cc1N1CCCC1. The topological polar surface area (TPSA) is 12.5 Å². The van der Waals surface area contributed by atoms with Crippen molar-refractivity contribution in [3.05, 3.63) is 20.2 Å². The third-order valence-electron chi connectivity index (χ3n) is 2.64. The van der Waals surface area contributed by atoms with Crippen molar-refractivity contribution in [2.24, 2.45) is 0 Å². The van der Waals surface area contributed by atoms with E-state index in [0.29, 0.717) is 0 Å². The first-order valence-corrected chi connectivity index (χ1v) is 6.87. The van der Waals surface area contributed by atoms with Crippen LogP contribution in [0.2, 0.25) is 0 Å². The predicted molar refractivity (Wildman–Crippen MR) is 74.9 cm³/mol. The molecule has 0 unspecified atom stereocenters. The van der Waals surface area contributed by atoms with Gasteiger partial charge in [0.05, 0.1) is 16.4 Å². The smallest absolute Gasteiger partial charge is 0.155 e. The second kappa shape index (κ2) is 4.91. The highest BCUT2D eigenvalue weighted by Crippen LogP contribution is 2.37. The molecule has 4 heteroatoms. The molecule has 15 heavy (non-hydrogen) atoms. The van der Waals surface area contributed by atoms with Gasteiger partial charge in [0.1, 0.15) is 0 Å². The molecule has 1 heterocycles. The Morgan fingerprint density at radius 1 is 1.33 bits per heavy atom. The fraction of sp³-hybridized carbons (Fsp3) is 0.455. The lowest BCUT2D eigenvalue weighted by Crippen LogP contribution is -2.18. The van der Waals surface area contributed by atoms with Gasteiger partial charge in [-0.3, -0.25) is 0 Å². The summed E-state index contributed by atoms with van der Waals surface area (Å²) in [6.45, 7) is 2.28. The lowest BCUT2D eigenvalue weighted by atomic mass is 10.2. The van der Waals surface area contributed by atoms with Gasteiger partial charge in [-0.25, -0.2) is 0 Å². The average Bonchev–Trinajstić information content (AvgIpc) is 2.69. The second-order valence-corrected chi connectivity index (χ2v) is 5.71. The minimum Gasteiger partial charge on any atom is -0.493 e. The summed E-state index contributed by atoms with van der Waals surface area (Å²) in [6.07, 6.45) is 2.57. The van der Waals surface area contributed by atoms with Gasteiger partial charge >= 0.3 is 0 Å². The maximum Gasteiger partial charge on any atom is 0.155 e. The molecule has 0 aromatic heterocycles. The summed E-state index contributed by atoms with van der Waals surface area (Å²) in [4.78, 5) is 2.39. The molecule has 2 nitrogen and oxygen atoms in total. The van der Waals surface area contributed by atoms with Gasteiger partial charge in [0.25, 0.3) is 0 Å². The van der Waals surface area contributed by atoms with Crippen molar-refractivity contribution >= 4 is 44.2 Å². The van der Waals surface area contributed by atoms with E-state index in [4.69, 9.17) is 4.74 Å². The fourth-order valence-electron chi connectivity index (χ4n) is 1.94. The summed E-state index contributed by atoms with van der Waals surface area (Å²) in [5, 5.41) is 0.